The van der Waals surface area contributed by atoms with E-state index in [-0.39, 0.29) is 12.5 Å². The summed E-state index contributed by atoms with van der Waals surface area (Å²) in [6, 6.07) is -0.525. The highest BCUT2D eigenvalue weighted by Gasteiger charge is 2.19. The maximum atomic E-state index is 12.2. The van der Waals surface area contributed by atoms with Crippen LogP contribution in [0.2, 0.25) is 0 Å². The van der Waals surface area contributed by atoms with Crippen LogP contribution in [0.1, 0.15) is 174 Å². The molecular formula is C31H63NO3. The Morgan fingerprint density at radius 1 is 0.571 bits per heavy atom. The minimum absolute atomic E-state index is 0.0342. The number of nitrogens with one attached hydrogen (secondary N) is 1. The fraction of sp³-hybridized carbons (Fsp3) is 0.968. The Labute approximate surface area is 219 Å². The third kappa shape index (κ3) is 24.8. The first-order chi connectivity index (χ1) is 17.2. The van der Waals surface area contributed by atoms with Gasteiger partial charge in [0.05, 0.1) is 18.8 Å². The summed E-state index contributed by atoms with van der Waals surface area (Å²) in [5.41, 5.74) is 0. The molecule has 1 amide bonds. The summed E-state index contributed by atoms with van der Waals surface area (Å²) in [6.07, 6.45) is 30.0. The zero-order valence-electron chi connectivity index (χ0n) is 23.8. The molecule has 0 heterocycles. The standard InChI is InChI=1S/C31H63NO3/c1-3-5-7-9-11-13-15-16-17-18-20-22-24-26-30(34)29(28-33)32-31(35)27-25-23-21-19-14-12-10-8-6-4-2/h29-30,33-34H,3-28H2,1-2H3,(H,32,35)/t29-,30+/m0/s1. The van der Waals surface area contributed by atoms with Crippen molar-refractivity contribution in [2.24, 2.45) is 0 Å². The lowest BCUT2D eigenvalue weighted by Gasteiger charge is -2.22. The predicted molar refractivity (Wildman–Crippen MR) is 152 cm³/mol. The molecule has 2 atom stereocenters. The number of rotatable bonds is 28. The molecule has 0 aromatic heterocycles. The van der Waals surface area contributed by atoms with E-state index in [9.17, 15) is 15.0 Å². The van der Waals surface area contributed by atoms with E-state index in [4.69, 9.17) is 0 Å². The average Bonchev–Trinajstić information content (AvgIpc) is 2.86. The van der Waals surface area contributed by atoms with Crippen molar-refractivity contribution in [3.8, 4) is 0 Å². The normalized spacial score (nSPS) is 13.1. The van der Waals surface area contributed by atoms with Crippen LogP contribution in [0.25, 0.3) is 0 Å². The van der Waals surface area contributed by atoms with Crippen molar-refractivity contribution in [1.29, 1.82) is 0 Å². The number of hydrogen-bond donors (Lipinski definition) is 3. The van der Waals surface area contributed by atoms with E-state index in [0.29, 0.717) is 12.8 Å². The van der Waals surface area contributed by atoms with Crippen LogP contribution in [0.4, 0.5) is 0 Å². The number of aliphatic hydroxyl groups excluding tert-OH is 2. The largest absolute Gasteiger partial charge is 0.394 e. The van der Waals surface area contributed by atoms with Gasteiger partial charge in [-0.25, -0.2) is 0 Å². The third-order valence-electron chi connectivity index (χ3n) is 7.37. The first kappa shape index (κ1) is 34.4. The van der Waals surface area contributed by atoms with Gasteiger partial charge in [0.1, 0.15) is 0 Å². The highest BCUT2D eigenvalue weighted by atomic mass is 16.3. The fourth-order valence-electron chi connectivity index (χ4n) is 4.89. The van der Waals surface area contributed by atoms with Crippen molar-refractivity contribution in [3.05, 3.63) is 0 Å². The molecule has 0 unspecified atom stereocenters. The van der Waals surface area contributed by atoms with Crippen LogP contribution in [-0.2, 0) is 4.79 Å². The SMILES string of the molecule is CCCCCCCCCCCCCCC[C@@H](O)[C@H](CO)NC(=O)CCCCCCCCCCCC. The van der Waals surface area contributed by atoms with E-state index >= 15 is 0 Å². The van der Waals surface area contributed by atoms with Gasteiger partial charge in [0.2, 0.25) is 5.91 Å². The molecule has 0 aliphatic rings. The van der Waals surface area contributed by atoms with Gasteiger partial charge in [-0.15, -0.1) is 0 Å². The van der Waals surface area contributed by atoms with Crippen molar-refractivity contribution in [2.75, 3.05) is 6.61 Å². The van der Waals surface area contributed by atoms with Gasteiger partial charge >= 0.3 is 0 Å². The average molecular weight is 498 g/mol. The number of carbonyl (C=O) groups excluding carboxylic acids is 1. The second kappa shape index (κ2) is 28.0. The molecule has 0 radical (unpaired) electrons. The van der Waals surface area contributed by atoms with Crippen LogP contribution in [0, 0.1) is 0 Å². The van der Waals surface area contributed by atoms with Crippen LogP contribution >= 0.6 is 0 Å². The molecule has 4 heteroatoms. The zero-order chi connectivity index (χ0) is 25.8. The lowest BCUT2D eigenvalue weighted by molar-refractivity contribution is -0.123. The Hall–Kier alpha value is -0.610. The van der Waals surface area contributed by atoms with Crippen LogP contribution in [0.3, 0.4) is 0 Å². The van der Waals surface area contributed by atoms with E-state index in [0.717, 1.165) is 25.7 Å². The molecule has 35 heavy (non-hydrogen) atoms. The highest BCUT2D eigenvalue weighted by molar-refractivity contribution is 5.76. The third-order valence-corrected chi connectivity index (χ3v) is 7.37. The molecule has 210 valence electrons. The molecule has 4 nitrogen and oxygen atoms in total. The molecule has 0 aliphatic heterocycles. The van der Waals surface area contributed by atoms with Crippen LogP contribution < -0.4 is 5.32 Å². The van der Waals surface area contributed by atoms with E-state index in [1.807, 2.05) is 0 Å². The topological polar surface area (TPSA) is 69.6 Å². The number of carbonyl (C=O) groups is 1. The Kier molecular flexibility index (Phi) is 27.5. The Bertz CT molecular complexity index is 429. The number of aliphatic hydroxyl groups is 2. The van der Waals surface area contributed by atoms with Crippen LogP contribution in [-0.4, -0.2) is 34.9 Å². The lowest BCUT2D eigenvalue weighted by Crippen LogP contribution is -2.45. The van der Waals surface area contributed by atoms with Gasteiger partial charge in [-0.2, -0.15) is 0 Å². The van der Waals surface area contributed by atoms with Gasteiger partial charge in [0.15, 0.2) is 0 Å². The lowest BCUT2D eigenvalue weighted by atomic mass is 10.0. The molecule has 0 fully saturated rings. The van der Waals surface area contributed by atoms with Crippen molar-refractivity contribution in [1.82, 2.24) is 5.32 Å². The van der Waals surface area contributed by atoms with Crippen molar-refractivity contribution in [3.63, 3.8) is 0 Å². The summed E-state index contributed by atoms with van der Waals surface area (Å²) in [4.78, 5) is 12.2. The van der Waals surface area contributed by atoms with Gasteiger partial charge in [0, 0.05) is 6.42 Å². The molecule has 0 bridgehead atoms. The molecule has 3 N–H and O–H groups in total. The van der Waals surface area contributed by atoms with Crippen LogP contribution in [0.5, 0.6) is 0 Å². The van der Waals surface area contributed by atoms with Gasteiger partial charge in [-0.3, -0.25) is 4.79 Å². The van der Waals surface area contributed by atoms with Gasteiger partial charge in [0.25, 0.3) is 0 Å². The molecule has 0 aromatic carbocycles. The summed E-state index contributed by atoms with van der Waals surface area (Å²) in [5.74, 6) is -0.0342. The summed E-state index contributed by atoms with van der Waals surface area (Å²) < 4.78 is 0. The summed E-state index contributed by atoms with van der Waals surface area (Å²) in [7, 11) is 0. The van der Waals surface area contributed by atoms with E-state index in [1.54, 1.807) is 0 Å². The smallest absolute Gasteiger partial charge is 0.220 e. The van der Waals surface area contributed by atoms with Gasteiger partial charge < -0.3 is 15.5 Å². The number of hydrogen-bond acceptors (Lipinski definition) is 3. The van der Waals surface area contributed by atoms with E-state index in [1.165, 1.54) is 122 Å². The first-order valence-electron chi connectivity index (χ1n) is 15.7. The maximum absolute atomic E-state index is 12.2. The van der Waals surface area contributed by atoms with Crippen molar-refractivity contribution < 1.29 is 15.0 Å². The molecule has 0 saturated heterocycles. The molecule has 0 spiro atoms. The Morgan fingerprint density at radius 3 is 1.29 bits per heavy atom. The quantitative estimate of drug-likeness (QED) is 0.0947. The summed E-state index contributed by atoms with van der Waals surface area (Å²) in [5, 5.41) is 22.9. The zero-order valence-corrected chi connectivity index (χ0v) is 23.8. The number of unbranched alkanes of at least 4 members (excludes halogenated alkanes) is 21. The predicted octanol–water partition coefficient (Wildman–Crippen LogP) is 8.62. The van der Waals surface area contributed by atoms with E-state index < -0.39 is 12.1 Å². The molecular weight excluding hydrogens is 434 g/mol. The van der Waals surface area contributed by atoms with Crippen molar-refractivity contribution in [2.45, 2.75) is 187 Å². The molecule has 0 saturated carbocycles. The first-order valence-corrected chi connectivity index (χ1v) is 15.7. The van der Waals surface area contributed by atoms with Crippen molar-refractivity contribution >= 4 is 5.91 Å². The summed E-state index contributed by atoms with van der Waals surface area (Å²) >= 11 is 0. The Morgan fingerprint density at radius 2 is 0.914 bits per heavy atom. The fourth-order valence-corrected chi connectivity index (χ4v) is 4.89. The van der Waals surface area contributed by atoms with Crippen LogP contribution in [0.15, 0.2) is 0 Å². The summed E-state index contributed by atoms with van der Waals surface area (Å²) in [6.45, 7) is 4.33. The van der Waals surface area contributed by atoms with Gasteiger partial charge in [-0.1, -0.05) is 155 Å². The molecule has 0 rings (SSSR count). The second-order valence-electron chi connectivity index (χ2n) is 10.9. The molecule has 0 aromatic rings. The monoisotopic (exact) mass is 497 g/mol. The minimum Gasteiger partial charge on any atom is -0.394 e. The highest BCUT2D eigenvalue weighted by Crippen LogP contribution is 2.15. The van der Waals surface area contributed by atoms with E-state index in [2.05, 4.69) is 19.2 Å². The minimum atomic E-state index is -0.649. The maximum Gasteiger partial charge on any atom is 0.220 e. The Balaban J connectivity index is 3.57. The second-order valence-corrected chi connectivity index (χ2v) is 10.9. The number of amides is 1. The van der Waals surface area contributed by atoms with Gasteiger partial charge in [-0.05, 0) is 12.8 Å². The molecule has 0 aliphatic carbocycles.